The molecule has 0 unspecified atom stereocenters. The summed E-state index contributed by atoms with van der Waals surface area (Å²) in [6.45, 7) is 6.90. The molecule has 0 saturated heterocycles. The molecule has 0 spiro atoms. The van der Waals surface area contributed by atoms with Crippen molar-refractivity contribution in [1.29, 1.82) is 0 Å². The normalized spacial score (nSPS) is 12.8. The number of aromatic nitrogens is 3. The van der Waals surface area contributed by atoms with Crippen molar-refractivity contribution in [3.8, 4) is 0 Å². The van der Waals surface area contributed by atoms with Gasteiger partial charge in [0.2, 0.25) is 5.91 Å². The fraction of sp³-hybridized carbons (Fsp3) is 0.421. The molecule has 0 saturated carbocycles. The third kappa shape index (κ3) is 3.48. The third-order valence-corrected chi connectivity index (χ3v) is 4.36. The van der Waals surface area contributed by atoms with E-state index in [0.717, 1.165) is 22.7 Å². The number of amides is 1. The highest BCUT2D eigenvalue weighted by atomic mass is 16.5. The second-order valence-corrected chi connectivity index (χ2v) is 6.59. The molecule has 138 valence electrons. The van der Waals surface area contributed by atoms with Crippen molar-refractivity contribution in [2.24, 2.45) is 0 Å². The number of H-pyrrole nitrogens is 1. The van der Waals surface area contributed by atoms with Crippen LogP contribution in [0.1, 0.15) is 33.2 Å². The predicted molar refractivity (Wildman–Crippen MR) is 101 cm³/mol. The van der Waals surface area contributed by atoms with E-state index in [-0.39, 0.29) is 17.6 Å². The first kappa shape index (κ1) is 18.1. The highest BCUT2D eigenvalue weighted by molar-refractivity contribution is 6.08. The minimum absolute atomic E-state index is 0.131. The number of nitrogens with one attached hydrogen (secondary N) is 2. The van der Waals surface area contributed by atoms with E-state index in [1.165, 1.54) is 0 Å². The summed E-state index contributed by atoms with van der Waals surface area (Å²) >= 11 is 0. The monoisotopic (exact) mass is 356 g/mol. The number of aromatic amines is 1. The summed E-state index contributed by atoms with van der Waals surface area (Å²) in [5.41, 5.74) is 1.00. The molecular weight excluding hydrogens is 332 g/mol. The maximum absolute atomic E-state index is 12.6. The third-order valence-electron chi connectivity index (χ3n) is 4.36. The number of carbonyl (C=O) groups is 1. The van der Waals surface area contributed by atoms with E-state index in [4.69, 9.17) is 4.74 Å². The highest BCUT2D eigenvalue weighted by Crippen LogP contribution is 2.29. The molecule has 3 rings (SSSR count). The Balaban J connectivity index is 1.86. The van der Waals surface area contributed by atoms with E-state index in [1.807, 2.05) is 38.1 Å². The summed E-state index contributed by atoms with van der Waals surface area (Å²) in [6, 6.07) is 7.13. The van der Waals surface area contributed by atoms with Crippen LogP contribution in [0.4, 0.5) is 0 Å². The van der Waals surface area contributed by atoms with Gasteiger partial charge in [-0.15, -0.1) is 0 Å². The molecule has 1 atom stereocenters. The summed E-state index contributed by atoms with van der Waals surface area (Å²) in [6.07, 6.45) is 2.56. The van der Waals surface area contributed by atoms with Crippen LogP contribution < -0.4 is 10.9 Å². The Morgan fingerprint density at radius 3 is 2.81 bits per heavy atom. The lowest BCUT2D eigenvalue weighted by molar-refractivity contribution is -0.123. The second kappa shape index (κ2) is 7.70. The number of para-hydroxylation sites is 1. The average molecular weight is 356 g/mol. The lowest BCUT2D eigenvalue weighted by atomic mass is 10.2. The van der Waals surface area contributed by atoms with Crippen molar-refractivity contribution in [3.63, 3.8) is 0 Å². The Morgan fingerprint density at radius 1 is 1.27 bits per heavy atom. The maximum atomic E-state index is 12.6. The van der Waals surface area contributed by atoms with Crippen LogP contribution in [0.2, 0.25) is 0 Å². The Morgan fingerprint density at radius 2 is 2.04 bits per heavy atom. The zero-order valence-corrected chi connectivity index (χ0v) is 15.3. The van der Waals surface area contributed by atoms with E-state index < -0.39 is 6.04 Å². The molecule has 26 heavy (non-hydrogen) atoms. The zero-order chi connectivity index (χ0) is 18.7. The molecule has 2 aromatic heterocycles. The molecule has 0 fully saturated rings. The van der Waals surface area contributed by atoms with E-state index in [1.54, 1.807) is 17.7 Å². The van der Waals surface area contributed by atoms with Gasteiger partial charge in [-0.2, -0.15) is 5.10 Å². The SMILES string of the molecule is CC(C)OCCCNC(=O)[C@H](C)n1c2ccccc2c2cn[nH]c(=O)c21. The quantitative estimate of drug-likeness (QED) is 0.636. The van der Waals surface area contributed by atoms with Crippen LogP contribution in [0.3, 0.4) is 0 Å². The Labute approximate surface area is 151 Å². The van der Waals surface area contributed by atoms with Gasteiger partial charge in [0.1, 0.15) is 11.6 Å². The molecule has 7 nitrogen and oxygen atoms in total. The number of hydrogen-bond donors (Lipinski definition) is 2. The number of rotatable bonds is 7. The molecule has 0 aliphatic rings. The van der Waals surface area contributed by atoms with Gasteiger partial charge < -0.3 is 14.6 Å². The van der Waals surface area contributed by atoms with Crippen molar-refractivity contribution in [3.05, 3.63) is 40.8 Å². The van der Waals surface area contributed by atoms with Crippen LogP contribution in [0.15, 0.2) is 35.3 Å². The van der Waals surface area contributed by atoms with Gasteiger partial charge in [0, 0.05) is 23.9 Å². The molecule has 0 bridgehead atoms. The maximum Gasteiger partial charge on any atom is 0.288 e. The summed E-state index contributed by atoms with van der Waals surface area (Å²) in [4.78, 5) is 25.0. The van der Waals surface area contributed by atoms with Gasteiger partial charge in [0.15, 0.2) is 0 Å². The first-order valence-corrected chi connectivity index (χ1v) is 8.86. The average Bonchev–Trinajstić information content (AvgIpc) is 2.96. The summed E-state index contributed by atoms with van der Waals surface area (Å²) < 4.78 is 7.26. The van der Waals surface area contributed by atoms with Crippen molar-refractivity contribution in [1.82, 2.24) is 20.1 Å². The number of carbonyl (C=O) groups excluding carboxylic acids is 1. The number of benzene rings is 1. The van der Waals surface area contributed by atoms with E-state index >= 15 is 0 Å². The van der Waals surface area contributed by atoms with Gasteiger partial charge in [-0.3, -0.25) is 9.59 Å². The minimum Gasteiger partial charge on any atom is -0.379 e. The number of nitrogens with zero attached hydrogens (tertiary/aromatic N) is 2. The van der Waals surface area contributed by atoms with Crippen molar-refractivity contribution in [2.75, 3.05) is 13.2 Å². The van der Waals surface area contributed by atoms with Crippen LogP contribution in [0.25, 0.3) is 21.8 Å². The summed E-state index contributed by atoms with van der Waals surface area (Å²) in [5.74, 6) is -0.131. The zero-order valence-electron chi connectivity index (χ0n) is 15.3. The topological polar surface area (TPSA) is 89.0 Å². The standard InChI is InChI=1S/C19H24N4O3/c1-12(2)26-10-6-9-20-18(24)13(3)23-16-8-5-4-7-14(16)15-11-21-22-19(25)17(15)23/h4-5,7-8,11-13H,6,9-10H2,1-3H3,(H,20,24)(H,22,25)/t13-/m0/s1. The second-order valence-electron chi connectivity index (χ2n) is 6.59. The fourth-order valence-corrected chi connectivity index (χ4v) is 3.13. The Kier molecular flexibility index (Phi) is 5.37. The predicted octanol–water partition coefficient (Wildman–Crippen LogP) is 2.37. The van der Waals surface area contributed by atoms with Crippen LogP contribution >= 0.6 is 0 Å². The smallest absolute Gasteiger partial charge is 0.288 e. The van der Waals surface area contributed by atoms with Crippen LogP contribution in [-0.4, -0.2) is 39.9 Å². The molecule has 2 N–H and O–H groups in total. The molecule has 0 aliphatic carbocycles. The molecule has 3 aromatic rings. The number of hydrogen-bond acceptors (Lipinski definition) is 4. The van der Waals surface area contributed by atoms with E-state index in [2.05, 4.69) is 15.5 Å². The van der Waals surface area contributed by atoms with E-state index in [0.29, 0.717) is 18.7 Å². The molecule has 0 radical (unpaired) electrons. The molecule has 7 heteroatoms. The largest absolute Gasteiger partial charge is 0.379 e. The fourth-order valence-electron chi connectivity index (χ4n) is 3.13. The molecular formula is C19H24N4O3. The molecule has 2 heterocycles. The lowest BCUT2D eigenvalue weighted by Crippen LogP contribution is -2.33. The first-order valence-electron chi connectivity index (χ1n) is 8.86. The van der Waals surface area contributed by atoms with Crippen LogP contribution in [0.5, 0.6) is 0 Å². The van der Waals surface area contributed by atoms with Gasteiger partial charge in [0.05, 0.1) is 17.8 Å². The summed E-state index contributed by atoms with van der Waals surface area (Å²) in [5, 5.41) is 10.9. The van der Waals surface area contributed by atoms with Crippen LogP contribution in [0, 0.1) is 0 Å². The Bertz CT molecular complexity index is 974. The van der Waals surface area contributed by atoms with Crippen molar-refractivity contribution >= 4 is 27.7 Å². The molecule has 0 aliphatic heterocycles. The van der Waals surface area contributed by atoms with Crippen molar-refractivity contribution < 1.29 is 9.53 Å². The van der Waals surface area contributed by atoms with Gasteiger partial charge >= 0.3 is 0 Å². The van der Waals surface area contributed by atoms with Gasteiger partial charge in [-0.1, -0.05) is 18.2 Å². The minimum atomic E-state index is -0.521. The highest BCUT2D eigenvalue weighted by Gasteiger charge is 2.22. The molecule has 1 amide bonds. The number of fused-ring (bicyclic) bond motifs is 3. The van der Waals surface area contributed by atoms with Crippen molar-refractivity contribution in [2.45, 2.75) is 39.3 Å². The lowest BCUT2D eigenvalue weighted by Gasteiger charge is -2.16. The van der Waals surface area contributed by atoms with Crippen LogP contribution in [-0.2, 0) is 9.53 Å². The van der Waals surface area contributed by atoms with Gasteiger partial charge in [0.25, 0.3) is 5.56 Å². The first-order chi connectivity index (χ1) is 12.5. The van der Waals surface area contributed by atoms with E-state index in [9.17, 15) is 9.59 Å². The Hall–Kier alpha value is -2.67. The summed E-state index contributed by atoms with van der Waals surface area (Å²) in [7, 11) is 0. The van der Waals surface area contributed by atoms with Gasteiger partial charge in [-0.05, 0) is 33.3 Å². The van der Waals surface area contributed by atoms with Gasteiger partial charge in [-0.25, -0.2) is 5.10 Å². The number of ether oxygens (including phenoxy) is 1. The molecule has 1 aromatic carbocycles.